The molecule has 6 aromatic rings. The summed E-state index contributed by atoms with van der Waals surface area (Å²) in [5.41, 5.74) is 4.32. The van der Waals surface area contributed by atoms with Crippen molar-refractivity contribution in [1.29, 1.82) is 0 Å². The Bertz CT molecular complexity index is 5050. The molecule has 7 amide bonds. The molecular weight excluding hydrogens is 1700 g/mol. The first-order valence-electron chi connectivity index (χ1n) is 42.4. The van der Waals surface area contributed by atoms with Gasteiger partial charge in [-0.15, -0.1) is 0 Å². The first kappa shape index (κ1) is 95.9. The highest BCUT2D eigenvalue weighted by atomic mass is 32.2. The molecule has 0 spiro atoms. The summed E-state index contributed by atoms with van der Waals surface area (Å²) < 4.78 is 87.7. The molecule has 4 saturated carbocycles. The number of likely N-dealkylation sites (N-methyl/N-ethyl adjacent to an activating group) is 1. The van der Waals surface area contributed by atoms with Crippen molar-refractivity contribution in [1.82, 2.24) is 40.2 Å². The Kier molecular flexibility index (Phi) is 32.7. The van der Waals surface area contributed by atoms with E-state index in [1.807, 2.05) is 59.0 Å². The number of nitrogens with one attached hydrogen (secondary N) is 4. The lowest BCUT2D eigenvalue weighted by atomic mass is 9.39. The fourth-order valence-corrected chi connectivity index (χ4v) is 20.3. The molecule has 7 aliphatic rings. The molecule has 0 radical (unpaired) electrons. The summed E-state index contributed by atoms with van der Waals surface area (Å²) in [6.45, 7) is 7.68. The van der Waals surface area contributed by atoms with Crippen LogP contribution in [-0.4, -0.2) is 288 Å². The predicted octanol–water partition coefficient (Wildman–Crippen LogP) is 5.12. The van der Waals surface area contributed by atoms with E-state index in [0.717, 1.165) is 70.5 Å². The van der Waals surface area contributed by atoms with Crippen molar-refractivity contribution in [3.05, 3.63) is 125 Å². The van der Waals surface area contributed by atoms with Crippen molar-refractivity contribution in [3.63, 3.8) is 0 Å². The van der Waals surface area contributed by atoms with Gasteiger partial charge in [-0.2, -0.15) is 13.5 Å². The van der Waals surface area contributed by atoms with Crippen molar-refractivity contribution in [2.75, 3.05) is 140 Å². The van der Waals surface area contributed by atoms with Crippen LogP contribution in [0.1, 0.15) is 134 Å². The molecule has 3 aromatic heterocycles. The third-order valence-electron chi connectivity index (χ3n) is 23.5. The first-order valence-corrected chi connectivity index (χ1v) is 44.8. The van der Waals surface area contributed by atoms with Gasteiger partial charge in [0.25, 0.3) is 27.8 Å². The number of carbonyl (C=O) groups is 10. The number of carbonyl (C=O) groups excluding carboxylic acids is 9. The van der Waals surface area contributed by atoms with E-state index in [1.165, 1.54) is 46.6 Å². The number of aromatic nitrogens is 4. The van der Waals surface area contributed by atoms with Crippen LogP contribution >= 0.6 is 11.3 Å². The number of anilines is 3. The van der Waals surface area contributed by atoms with Gasteiger partial charge in [-0.3, -0.25) is 57.8 Å². The Morgan fingerprint density at radius 2 is 1.44 bits per heavy atom. The largest absolute Gasteiger partial charge is 0.476 e. The molecule has 3 aliphatic heterocycles. The summed E-state index contributed by atoms with van der Waals surface area (Å²) in [4.78, 5) is 142. The van der Waals surface area contributed by atoms with Crippen LogP contribution < -0.4 is 30.9 Å². The monoisotopic (exact) mass is 1810 g/mol. The van der Waals surface area contributed by atoms with Gasteiger partial charge in [0.15, 0.2) is 10.8 Å². The second kappa shape index (κ2) is 43.3. The first-order chi connectivity index (χ1) is 60.7. The number of rotatable bonds is 49. The summed E-state index contributed by atoms with van der Waals surface area (Å²) in [6.07, 6.45) is 0.606. The summed E-state index contributed by atoms with van der Waals surface area (Å²) in [5.74, 6) is -7.34. The van der Waals surface area contributed by atoms with E-state index in [4.69, 9.17) is 52.7 Å². The second-order valence-corrected chi connectivity index (χ2v) is 36.5. The van der Waals surface area contributed by atoms with Gasteiger partial charge in [0.2, 0.25) is 24.0 Å². The van der Waals surface area contributed by atoms with Gasteiger partial charge < -0.3 is 93.9 Å². The third kappa shape index (κ3) is 25.9. The normalized spacial score (nSPS) is 22.6. The molecule has 1 saturated heterocycles. The maximum atomic E-state index is 13.8. The number of aromatic carboxylic acids is 1. The molecule has 4 bridgehead atoms. The van der Waals surface area contributed by atoms with Crippen LogP contribution in [0.4, 0.5) is 21.4 Å². The number of ether oxygens (including phenoxy) is 9. The average molecular weight is 1810 g/mol. The minimum Gasteiger partial charge on any atom is -0.476 e. The third-order valence-corrected chi connectivity index (χ3v) is 25.3. The van der Waals surface area contributed by atoms with Gasteiger partial charge in [0.05, 0.1) is 105 Å². The van der Waals surface area contributed by atoms with Gasteiger partial charge in [-0.25, -0.2) is 19.6 Å². The van der Waals surface area contributed by atoms with Crippen LogP contribution in [0.15, 0.2) is 91.1 Å². The standard InChI is InChI=1S/C87H111N11O27S2/c1-54-62(60-15-17-69(93-74(60)80(111)112)96-26-21-56-9-7-11-61(63(56)42-96)79(110)94-82-92-64-12-5-6-13-68(64)126-82)41-90-98(54)53-86-48-84(2)47-85(3,49-86)51-87(50-84,52-86)123-32-28-95(4)83(113)122-44-55-14-16-66(124-81-77(108)76(107)75(106)67(43-99)125-81)65(39-55)91-70(102)20-24-88-71(103)45-121-31-25-89-78(109)57(46-127(114,115)116)40-59(101)23-30-118-34-36-120-38-37-119-35-33-117-29-8-10-58(100)22-27-97-72(104)18-19-73(97)105/h5-7,9,11-19,39,41,57,67,75-77,81,99,106-108H,8,10,20-38,40,42-53H2,1-4H3,(H,88,103)(H,89,109)(H,91,102)(H,111,112)(H,92,94,110)(H,114,115,116)/t57-,67-,75?,76+,77-,81-,84?,85?,86?,87?/m1/s1. The molecule has 6 heterocycles. The van der Waals surface area contributed by atoms with Gasteiger partial charge in [-0.05, 0) is 134 Å². The summed E-state index contributed by atoms with van der Waals surface area (Å²) in [5, 5.41) is 68.6. The smallest absolute Gasteiger partial charge is 0.409 e. The van der Waals surface area contributed by atoms with E-state index in [9.17, 15) is 86.4 Å². The number of carboxylic acid groups (broad SMARTS) is 1. The van der Waals surface area contributed by atoms with E-state index in [2.05, 4.69) is 40.1 Å². The van der Waals surface area contributed by atoms with E-state index in [1.54, 1.807) is 25.4 Å². The number of aliphatic hydroxyl groups is 4. The number of pyridine rings is 1. The minimum atomic E-state index is -4.71. The highest BCUT2D eigenvalue weighted by Gasteiger charge is 2.66. The lowest BCUT2D eigenvalue weighted by Gasteiger charge is -2.69. The maximum absolute atomic E-state index is 13.8. The molecule has 8 atom stereocenters. The summed E-state index contributed by atoms with van der Waals surface area (Å²) >= 11 is 1.40. The van der Waals surface area contributed by atoms with E-state index in [0.29, 0.717) is 72.3 Å². The van der Waals surface area contributed by atoms with E-state index < -0.39 is 125 Å². The number of nitrogens with zero attached hydrogens (tertiary/aromatic N) is 7. The number of para-hydroxylation sites is 1. The topological polar surface area (TPSA) is 511 Å². The Balaban J connectivity index is 0.564. The zero-order valence-corrected chi connectivity index (χ0v) is 73.0. The molecule has 3 aromatic carbocycles. The van der Waals surface area contributed by atoms with E-state index in [-0.39, 0.29) is 163 Å². The number of fused-ring (bicyclic) bond motifs is 2. The van der Waals surface area contributed by atoms with Crippen LogP contribution in [0.3, 0.4) is 0 Å². The number of hydrogen-bond acceptors (Lipinski definition) is 30. The van der Waals surface area contributed by atoms with Gasteiger partial charge in [0.1, 0.15) is 60.8 Å². The van der Waals surface area contributed by atoms with Crippen molar-refractivity contribution >= 4 is 107 Å². The number of Topliss-reactive ketones (excluding diaryl/α,β-unsaturated/α-hetero) is 2. The number of ketones is 2. The number of thiazole rings is 1. The molecule has 127 heavy (non-hydrogen) atoms. The summed E-state index contributed by atoms with van der Waals surface area (Å²) in [6, 6.07) is 21.3. The van der Waals surface area contributed by atoms with E-state index >= 15 is 0 Å². The van der Waals surface area contributed by atoms with Crippen molar-refractivity contribution in [3.8, 4) is 16.9 Å². The molecule has 5 fully saturated rings. The molecule has 4 aliphatic carbocycles. The Hall–Kier alpha value is -10.2. The Morgan fingerprint density at radius 3 is 2.15 bits per heavy atom. The highest BCUT2D eigenvalue weighted by molar-refractivity contribution is 7.85. The molecule has 38 nitrogen and oxygen atoms in total. The lowest BCUT2D eigenvalue weighted by Crippen LogP contribution is -2.64. The molecule has 688 valence electrons. The van der Waals surface area contributed by atoms with Crippen LogP contribution in [-0.2, 0) is 108 Å². The lowest BCUT2D eigenvalue weighted by molar-refractivity contribution is -0.277. The number of aliphatic hydroxyl groups excluding tert-OH is 4. The van der Waals surface area contributed by atoms with Crippen LogP contribution in [0.2, 0.25) is 0 Å². The number of hydrogen-bond donors (Lipinski definition) is 10. The Morgan fingerprint density at radius 1 is 0.724 bits per heavy atom. The Labute approximate surface area is 737 Å². The molecular formula is C87H111N11O27S2. The molecule has 10 N–H and O–H groups in total. The predicted molar refractivity (Wildman–Crippen MR) is 457 cm³/mol. The van der Waals surface area contributed by atoms with Gasteiger partial charge >= 0.3 is 12.1 Å². The maximum Gasteiger partial charge on any atom is 0.409 e. The van der Waals surface area contributed by atoms with Crippen molar-refractivity contribution < 1.29 is 129 Å². The van der Waals surface area contributed by atoms with Crippen LogP contribution in [0, 0.1) is 29.1 Å². The highest BCUT2D eigenvalue weighted by Crippen LogP contribution is 2.72. The molecule has 13 rings (SSSR count). The average Bonchev–Trinajstić information content (AvgIpc) is 1.11. The van der Waals surface area contributed by atoms with Gasteiger partial charge in [-0.1, -0.05) is 55.5 Å². The second-order valence-electron chi connectivity index (χ2n) is 34.0. The number of carboxylic acids is 1. The fraction of sp³-hybridized carbons (Fsp3) is 0.552. The molecule has 40 heteroatoms. The zero-order valence-electron chi connectivity index (χ0n) is 71.4. The SMILES string of the molecule is Cc1c(-c2ccc(N3CCc4cccc(C(=O)Nc5nc6ccccc6s5)c4C3)nc2C(=O)O)cnn1CC12CC3(C)CC(C)(C1)CC(OCCN(C)C(=O)OCc1ccc(O[C@@H]4O[C@H](CO)C(O)[C@H](O)[C@H]4O)c(NC(=O)CCNC(=O)COCCNC(=O)[C@H](CC(=O)CCOCCOCCOCCOCCCC(=O)CCN4C(=O)C=CC4=O)CS(=O)(=O)O)c1)(C3)C2. The fourth-order valence-electron chi connectivity index (χ4n) is 18.7. The minimum absolute atomic E-state index is 0.0339. The van der Waals surface area contributed by atoms with Crippen molar-refractivity contribution in [2.24, 2.45) is 22.2 Å². The molecule has 3 unspecified atom stereocenters. The number of amides is 7. The van der Waals surface area contributed by atoms with Crippen LogP contribution in [0.5, 0.6) is 5.75 Å². The van der Waals surface area contributed by atoms with Crippen LogP contribution in [0.25, 0.3) is 21.3 Å². The summed E-state index contributed by atoms with van der Waals surface area (Å²) in [7, 11) is -3.13. The number of benzene rings is 3. The quantitative estimate of drug-likeness (QED) is 0.0135. The number of imide groups is 1. The van der Waals surface area contributed by atoms with Crippen molar-refractivity contribution in [2.45, 2.75) is 160 Å². The van der Waals surface area contributed by atoms with Gasteiger partial charge in [0, 0.05) is 126 Å². The zero-order chi connectivity index (χ0) is 90.8.